The second kappa shape index (κ2) is 7.49. The summed E-state index contributed by atoms with van der Waals surface area (Å²) in [5.41, 5.74) is 0.863. The summed E-state index contributed by atoms with van der Waals surface area (Å²) in [7, 11) is 1.56. The van der Waals surface area contributed by atoms with Crippen LogP contribution in [0.15, 0.2) is 18.2 Å². The SMILES string of the molecule is COc1ccc(CC(O)C(C)C)c(NC(=O)OC(C)(C)C)c1. The lowest BCUT2D eigenvalue weighted by Crippen LogP contribution is -2.28. The molecule has 2 N–H and O–H groups in total. The van der Waals surface area contributed by atoms with Crippen LogP contribution in [0, 0.1) is 5.92 Å². The highest BCUT2D eigenvalue weighted by Gasteiger charge is 2.19. The molecular weight excluding hydrogens is 282 g/mol. The van der Waals surface area contributed by atoms with Gasteiger partial charge in [-0.1, -0.05) is 19.9 Å². The summed E-state index contributed by atoms with van der Waals surface area (Å²) in [5.74, 6) is 0.769. The highest BCUT2D eigenvalue weighted by molar-refractivity contribution is 5.86. The number of aliphatic hydroxyl groups is 1. The van der Waals surface area contributed by atoms with Gasteiger partial charge in [0, 0.05) is 12.5 Å². The van der Waals surface area contributed by atoms with E-state index >= 15 is 0 Å². The Morgan fingerprint density at radius 2 is 1.95 bits per heavy atom. The van der Waals surface area contributed by atoms with Crippen LogP contribution in [0.5, 0.6) is 5.75 Å². The van der Waals surface area contributed by atoms with Gasteiger partial charge in [0.15, 0.2) is 0 Å². The Balaban J connectivity index is 2.96. The molecule has 0 spiro atoms. The molecule has 0 aliphatic carbocycles. The Kier molecular flexibility index (Phi) is 6.23. The average Bonchev–Trinajstić information content (AvgIpc) is 2.38. The number of anilines is 1. The van der Waals surface area contributed by atoms with Crippen molar-refractivity contribution in [3.05, 3.63) is 23.8 Å². The molecule has 22 heavy (non-hydrogen) atoms. The molecule has 0 heterocycles. The van der Waals surface area contributed by atoms with E-state index in [0.29, 0.717) is 17.9 Å². The van der Waals surface area contributed by atoms with Gasteiger partial charge in [-0.25, -0.2) is 4.79 Å². The van der Waals surface area contributed by atoms with E-state index in [-0.39, 0.29) is 5.92 Å². The zero-order valence-electron chi connectivity index (χ0n) is 14.3. The third kappa shape index (κ3) is 5.93. The van der Waals surface area contributed by atoms with Gasteiger partial charge in [0.2, 0.25) is 0 Å². The Labute approximate surface area is 132 Å². The third-order valence-electron chi connectivity index (χ3n) is 3.15. The summed E-state index contributed by atoms with van der Waals surface area (Å²) >= 11 is 0. The van der Waals surface area contributed by atoms with Gasteiger partial charge < -0.3 is 14.6 Å². The molecule has 0 aromatic heterocycles. The smallest absolute Gasteiger partial charge is 0.412 e. The summed E-state index contributed by atoms with van der Waals surface area (Å²) in [6, 6.07) is 5.38. The molecule has 0 fully saturated rings. The number of hydrogen-bond acceptors (Lipinski definition) is 4. The van der Waals surface area contributed by atoms with Crippen molar-refractivity contribution < 1.29 is 19.4 Å². The zero-order valence-corrected chi connectivity index (χ0v) is 14.3. The molecule has 0 aliphatic heterocycles. The predicted octanol–water partition coefficient (Wildman–Crippen LogP) is 3.60. The lowest BCUT2D eigenvalue weighted by atomic mass is 9.98. The van der Waals surface area contributed by atoms with E-state index in [0.717, 1.165) is 5.56 Å². The highest BCUT2D eigenvalue weighted by Crippen LogP contribution is 2.25. The van der Waals surface area contributed by atoms with Crippen molar-refractivity contribution in [1.29, 1.82) is 0 Å². The minimum atomic E-state index is -0.569. The van der Waals surface area contributed by atoms with Gasteiger partial charge in [-0.05, 0) is 38.3 Å². The Morgan fingerprint density at radius 3 is 2.45 bits per heavy atom. The van der Waals surface area contributed by atoms with Crippen LogP contribution in [0.3, 0.4) is 0 Å². The van der Waals surface area contributed by atoms with Crippen LogP contribution in [0.1, 0.15) is 40.2 Å². The number of nitrogens with one attached hydrogen (secondary N) is 1. The van der Waals surface area contributed by atoms with E-state index < -0.39 is 17.8 Å². The molecule has 0 radical (unpaired) electrons. The number of aliphatic hydroxyl groups excluding tert-OH is 1. The molecule has 1 rings (SSSR count). The fourth-order valence-electron chi connectivity index (χ4n) is 1.85. The largest absolute Gasteiger partial charge is 0.497 e. The molecule has 5 nitrogen and oxygen atoms in total. The number of methoxy groups -OCH3 is 1. The van der Waals surface area contributed by atoms with Gasteiger partial charge in [-0.2, -0.15) is 0 Å². The van der Waals surface area contributed by atoms with E-state index in [1.807, 2.05) is 46.8 Å². The number of amides is 1. The van der Waals surface area contributed by atoms with Crippen LogP contribution in [0.4, 0.5) is 10.5 Å². The molecule has 1 aromatic rings. The quantitative estimate of drug-likeness (QED) is 0.872. The first kappa shape index (κ1) is 18.3. The second-order valence-electron chi connectivity index (χ2n) is 6.67. The van der Waals surface area contributed by atoms with Gasteiger partial charge in [0.25, 0.3) is 0 Å². The minimum Gasteiger partial charge on any atom is -0.497 e. The van der Waals surface area contributed by atoms with Crippen LogP contribution in [-0.2, 0) is 11.2 Å². The molecule has 1 amide bonds. The second-order valence-corrected chi connectivity index (χ2v) is 6.67. The van der Waals surface area contributed by atoms with Crippen molar-refractivity contribution >= 4 is 11.8 Å². The van der Waals surface area contributed by atoms with Gasteiger partial charge in [0.05, 0.1) is 18.9 Å². The molecule has 1 aromatic carbocycles. The van der Waals surface area contributed by atoms with E-state index in [2.05, 4.69) is 5.32 Å². The lowest BCUT2D eigenvalue weighted by molar-refractivity contribution is 0.0635. The number of rotatable bonds is 5. The normalized spacial score (nSPS) is 12.9. The highest BCUT2D eigenvalue weighted by atomic mass is 16.6. The Hall–Kier alpha value is -1.75. The molecule has 1 atom stereocenters. The average molecular weight is 309 g/mol. The maximum absolute atomic E-state index is 12.0. The first-order chi connectivity index (χ1) is 10.1. The number of ether oxygens (including phenoxy) is 2. The zero-order chi connectivity index (χ0) is 16.9. The van der Waals surface area contributed by atoms with E-state index in [4.69, 9.17) is 9.47 Å². The number of hydrogen-bond donors (Lipinski definition) is 2. The van der Waals surface area contributed by atoms with Gasteiger partial charge in [-0.15, -0.1) is 0 Å². The van der Waals surface area contributed by atoms with E-state index in [9.17, 15) is 9.90 Å². The first-order valence-corrected chi connectivity index (χ1v) is 7.47. The van der Waals surface area contributed by atoms with Crippen molar-refractivity contribution in [3.63, 3.8) is 0 Å². The summed E-state index contributed by atoms with van der Waals surface area (Å²) in [6.45, 7) is 9.33. The fourth-order valence-corrected chi connectivity index (χ4v) is 1.85. The Morgan fingerprint density at radius 1 is 1.32 bits per heavy atom. The molecular formula is C17H27NO4. The standard InChI is InChI=1S/C17H27NO4/c1-11(2)15(19)9-12-7-8-13(21-6)10-14(12)18-16(20)22-17(3,4)5/h7-8,10-11,15,19H,9H2,1-6H3,(H,18,20). The summed E-state index contributed by atoms with van der Waals surface area (Å²) in [5, 5.41) is 12.8. The predicted molar refractivity (Wildman–Crippen MR) is 87.4 cm³/mol. The van der Waals surface area contributed by atoms with E-state index in [1.165, 1.54) is 0 Å². The van der Waals surface area contributed by atoms with Gasteiger partial charge in [-0.3, -0.25) is 5.32 Å². The van der Waals surface area contributed by atoms with Crippen molar-refractivity contribution in [2.75, 3.05) is 12.4 Å². The first-order valence-electron chi connectivity index (χ1n) is 7.47. The summed E-state index contributed by atoms with van der Waals surface area (Å²) in [4.78, 5) is 12.0. The molecule has 5 heteroatoms. The van der Waals surface area contributed by atoms with Gasteiger partial charge in [0.1, 0.15) is 11.4 Å². The Bertz CT molecular complexity index is 506. The maximum atomic E-state index is 12.0. The molecule has 0 aliphatic rings. The number of benzene rings is 1. The number of carbonyl (C=O) groups is 1. The van der Waals surface area contributed by atoms with Gasteiger partial charge >= 0.3 is 6.09 Å². The fraction of sp³-hybridized carbons (Fsp3) is 0.588. The van der Waals surface area contributed by atoms with Crippen molar-refractivity contribution in [3.8, 4) is 5.75 Å². The van der Waals surface area contributed by atoms with Crippen molar-refractivity contribution in [1.82, 2.24) is 0 Å². The van der Waals surface area contributed by atoms with Crippen molar-refractivity contribution in [2.45, 2.75) is 52.7 Å². The third-order valence-corrected chi connectivity index (χ3v) is 3.15. The van der Waals surface area contributed by atoms with Crippen LogP contribution < -0.4 is 10.1 Å². The van der Waals surface area contributed by atoms with Crippen LogP contribution in [0.2, 0.25) is 0 Å². The van der Waals surface area contributed by atoms with Crippen molar-refractivity contribution in [2.24, 2.45) is 5.92 Å². The maximum Gasteiger partial charge on any atom is 0.412 e. The van der Waals surface area contributed by atoms with Crippen LogP contribution >= 0.6 is 0 Å². The lowest BCUT2D eigenvalue weighted by Gasteiger charge is -2.21. The minimum absolute atomic E-state index is 0.136. The van der Waals surface area contributed by atoms with E-state index in [1.54, 1.807) is 13.2 Å². The molecule has 0 saturated carbocycles. The summed E-state index contributed by atoms with van der Waals surface area (Å²) in [6.07, 6.45) is -0.555. The van der Waals surface area contributed by atoms with Crippen LogP contribution in [0.25, 0.3) is 0 Å². The molecule has 0 bridgehead atoms. The summed E-state index contributed by atoms with van der Waals surface area (Å²) < 4.78 is 10.5. The molecule has 0 saturated heterocycles. The number of carbonyl (C=O) groups excluding carboxylic acids is 1. The topological polar surface area (TPSA) is 67.8 Å². The monoisotopic (exact) mass is 309 g/mol. The van der Waals surface area contributed by atoms with Crippen LogP contribution in [-0.4, -0.2) is 30.0 Å². The molecule has 124 valence electrons. The molecule has 1 unspecified atom stereocenters.